The van der Waals surface area contributed by atoms with Crippen LogP contribution < -0.4 is 10.2 Å². The number of alkyl halides is 3. The summed E-state index contributed by atoms with van der Waals surface area (Å²) in [6.45, 7) is 5.68. The smallest absolute Gasteiger partial charge is 0.372 e. The zero-order valence-corrected chi connectivity index (χ0v) is 16.5. The minimum Gasteiger partial charge on any atom is -0.372 e. The van der Waals surface area contributed by atoms with E-state index in [9.17, 15) is 18.0 Å². The van der Waals surface area contributed by atoms with Crippen LogP contribution in [0.4, 0.5) is 24.5 Å². The number of tetrazole rings is 1. The quantitative estimate of drug-likeness (QED) is 0.631. The van der Waals surface area contributed by atoms with Crippen molar-refractivity contribution >= 4 is 17.3 Å². The van der Waals surface area contributed by atoms with Crippen LogP contribution in [0, 0.1) is 0 Å². The topological polar surface area (TPSA) is 75.9 Å². The Balaban J connectivity index is 1.64. The number of nitrogens with one attached hydrogen (secondary N) is 1. The third-order valence-electron chi connectivity index (χ3n) is 4.47. The van der Waals surface area contributed by atoms with E-state index in [1.165, 1.54) is 12.1 Å². The van der Waals surface area contributed by atoms with E-state index in [0.29, 0.717) is 5.69 Å². The molecule has 0 saturated carbocycles. The van der Waals surface area contributed by atoms with E-state index in [0.717, 1.165) is 35.7 Å². The highest BCUT2D eigenvalue weighted by molar-refractivity contribution is 5.90. The number of amides is 1. The zero-order chi connectivity index (χ0) is 21.7. The molecular formula is C20H21F3N6O. The molecule has 0 unspecified atom stereocenters. The Bertz CT molecular complexity index is 996. The highest BCUT2D eigenvalue weighted by atomic mass is 19.4. The van der Waals surface area contributed by atoms with Crippen LogP contribution in [0.5, 0.6) is 0 Å². The molecule has 0 atom stereocenters. The van der Waals surface area contributed by atoms with Crippen molar-refractivity contribution in [3.63, 3.8) is 0 Å². The van der Waals surface area contributed by atoms with Gasteiger partial charge in [-0.2, -0.15) is 18.0 Å². The van der Waals surface area contributed by atoms with Crippen molar-refractivity contribution in [2.45, 2.75) is 26.6 Å². The average Bonchev–Trinajstić information content (AvgIpc) is 3.18. The number of nitrogens with zero attached hydrogens (tertiary/aromatic N) is 5. The van der Waals surface area contributed by atoms with Crippen LogP contribution in [-0.2, 0) is 17.5 Å². The first-order valence-corrected chi connectivity index (χ1v) is 9.40. The van der Waals surface area contributed by atoms with Gasteiger partial charge in [0.05, 0.1) is 5.56 Å². The lowest BCUT2D eigenvalue weighted by atomic mass is 10.1. The summed E-state index contributed by atoms with van der Waals surface area (Å²) in [6.07, 6.45) is -4.47. The molecule has 10 heteroatoms. The van der Waals surface area contributed by atoms with Crippen molar-refractivity contribution in [1.29, 1.82) is 0 Å². The third-order valence-corrected chi connectivity index (χ3v) is 4.47. The standard InChI is InChI=1S/C20H21F3N6O/c1-3-28(4-2)17-10-8-16(9-11-17)24-18(30)13-29-26-19(25-27-29)14-6-5-7-15(12-14)20(21,22)23/h5-12H,3-4,13H2,1-2H3,(H,24,30). The number of halogens is 3. The first kappa shape index (κ1) is 21.3. The van der Waals surface area contributed by atoms with Gasteiger partial charge in [-0.3, -0.25) is 4.79 Å². The molecule has 158 valence electrons. The van der Waals surface area contributed by atoms with Gasteiger partial charge in [0.2, 0.25) is 11.7 Å². The molecule has 30 heavy (non-hydrogen) atoms. The Morgan fingerprint density at radius 1 is 1.10 bits per heavy atom. The minimum atomic E-state index is -4.47. The lowest BCUT2D eigenvalue weighted by Crippen LogP contribution is -2.22. The van der Waals surface area contributed by atoms with E-state index in [1.807, 2.05) is 12.1 Å². The number of rotatable bonds is 7. The molecule has 0 aliphatic heterocycles. The summed E-state index contributed by atoms with van der Waals surface area (Å²) < 4.78 is 38.6. The van der Waals surface area contributed by atoms with Crippen molar-refractivity contribution in [3.05, 3.63) is 54.1 Å². The molecule has 0 aliphatic carbocycles. The van der Waals surface area contributed by atoms with Crippen molar-refractivity contribution in [1.82, 2.24) is 20.2 Å². The first-order chi connectivity index (χ1) is 14.3. The fourth-order valence-electron chi connectivity index (χ4n) is 2.93. The molecule has 0 aliphatic rings. The number of carbonyl (C=O) groups is 1. The van der Waals surface area contributed by atoms with Crippen molar-refractivity contribution in [2.24, 2.45) is 0 Å². The van der Waals surface area contributed by atoms with Gasteiger partial charge in [0, 0.05) is 30.0 Å². The predicted octanol–water partition coefficient (Wildman–Crippen LogP) is 3.84. The molecule has 1 aromatic heterocycles. The first-order valence-electron chi connectivity index (χ1n) is 9.40. The van der Waals surface area contributed by atoms with E-state index in [-0.39, 0.29) is 23.8 Å². The van der Waals surface area contributed by atoms with Crippen LogP contribution in [0.15, 0.2) is 48.5 Å². The Morgan fingerprint density at radius 3 is 2.43 bits per heavy atom. The van der Waals surface area contributed by atoms with Gasteiger partial charge in [0.15, 0.2) is 0 Å². The van der Waals surface area contributed by atoms with Crippen molar-refractivity contribution < 1.29 is 18.0 Å². The molecule has 1 heterocycles. The van der Waals surface area contributed by atoms with Crippen LogP contribution >= 0.6 is 0 Å². The molecule has 3 aromatic rings. The van der Waals surface area contributed by atoms with E-state index >= 15 is 0 Å². The molecule has 2 aromatic carbocycles. The van der Waals surface area contributed by atoms with Crippen LogP contribution in [0.3, 0.4) is 0 Å². The second kappa shape index (κ2) is 8.93. The maximum atomic E-state index is 12.9. The fourth-order valence-corrected chi connectivity index (χ4v) is 2.93. The monoisotopic (exact) mass is 418 g/mol. The lowest BCUT2D eigenvalue weighted by molar-refractivity contribution is -0.137. The summed E-state index contributed by atoms with van der Waals surface area (Å²) in [5.41, 5.74) is 1.04. The van der Waals surface area contributed by atoms with Gasteiger partial charge < -0.3 is 10.2 Å². The summed E-state index contributed by atoms with van der Waals surface area (Å²) in [6, 6.07) is 12.1. The number of benzene rings is 2. The molecule has 0 spiro atoms. The summed E-state index contributed by atoms with van der Waals surface area (Å²) in [4.78, 5) is 15.5. The van der Waals surface area contributed by atoms with Gasteiger partial charge in [-0.25, -0.2) is 0 Å². The van der Waals surface area contributed by atoms with Crippen LogP contribution in [0.1, 0.15) is 19.4 Å². The second-order valence-corrected chi connectivity index (χ2v) is 6.49. The number of hydrogen-bond donors (Lipinski definition) is 1. The number of anilines is 2. The molecule has 0 radical (unpaired) electrons. The van der Waals surface area contributed by atoms with Crippen LogP contribution in [0.25, 0.3) is 11.4 Å². The highest BCUT2D eigenvalue weighted by Gasteiger charge is 2.30. The molecule has 1 N–H and O–H groups in total. The number of hydrogen-bond acceptors (Lipinski definition) is 5. The Hall–Kier alpha value is -3.43. The zero-order valence-electron chi connectivity index (χ0n) is 16.5. The van der Waals surface area contributed by atoms with Crippen LogP contribution in [-0.4, -0.2) is 39.2 Å². The number of carbonyl (C=O) groups excluding carboxylic acids is 1. The van der Waals surface area contributed by atoms with E-state index in [4.69, 9.17) is 0 Å². The van der Waals surface area contributed by atoms with Crippen molar-refractivity contribution in [2.75, 3.05) is 23.3 Å². The molecule has 3 rings (SSSR count). The largest absolute Gasteiger partial charge is 0.416 e. The number of aromatic nitrogens is 4. The molecule has 7 nitrogen and oxygen atoms in total. The third kappa shape index (κ3) is 5.13. The van der Waals surface area contributed by atoms with Gasteiger partial charge >= 0.3 is 6.18 Å². The second-order valence-electron chi connectivity index (χ2n) is 6.49. The minimum absolute atomic E-state index is 0.0116. The molecule has 0 saturated heterocycles. The Morgan fingerprint density at radius 2 is 1.80 bits per heavy atom. The fraction of sp³-hybridized carbons (Fsp3) is 0.300. The summed E-state index contributed by atoms with van der Waals surface area (Å²) in [5.74, 6) is -0.365. The predicted molar refractivity (Wildman–Crippen MR) is 107 cm³/mol. The van der Waals surface area contributed by atoms with Crippen LogP contribution in [0.2, 0.25) is 0 Å². The van der Waals surface area contributed by atoms with Gasteiger partial charge in [-0.05, 0) is 55.5 Å². The van der Waals surface area contributed by atoms with Gasteiger partial charge in [0.1, 0.15) is 6.54 Å². The summed E-state index contributed by atoms with van der Waals surface area (Å²) in [5, 5.41) is 14.2. The SMILES string of the molecule is CCN(CC)c1ccc(NC(=O)Cn2nnc(-c3cccc(C(F)(F)F)c3)n2)cc1. The van der Waals surface area contributed by atoms with E-state index in [1.54, 1.807) is 12.1 Å². The maximum absolute atomic E-state index is 12.9. The summed E-state index contributed by atoms with van der Waals surface area (Å²) in [7, 11) is 0. The Kier molecular flexibility index (Phi) is 6.34. The van der Waals surface area contributed by atoms with Gasteiger partial charge in [0.25, 0.3) is 0 Å². The van der Waals surface area contributed by atoms with Gasteiger partial charge in [-0.15, -0.1) is 10.2 Å². The lowest BCUT2D eigenvalue weighted by Gasteiger charge is -2.21. The normalized spacial score (nSPS) is 11.4. The maximum Gasteiger partial charge on any atom is 0.416 e. The van der Waals surface area contributed by atoms with Gasteiger partial charge in [-0.1, -0.05) is 12.1 Å². The summed E-state index contributed by atoms with van der Waals surface area (Å²) >= 11 is 0. The highest BCUT2D eigenvalue weighted by Crippen LogP contribution is 2.31. The molecular weight excluding hydrogens is 397 g/mol. The van der Waals surface area contributed by atoms with E-state index in [2.05, 4.69) is 39.5 Å². The Labute approximate surface area is 171 Å². The average molecular weight is 418 g/mol. The molecule has 0 bridgehead atoms. The van der Waals surface area contributed by atoms with E-state index < -0.39 is 11.7 Å². The molecule has 1 amide bonds. The van der Waals surface area contributed by atoms with Crippen molar-refractivity contribution in [3.8, 4) is 11.4 Å². The molecule has 0 fully saturated rings.